The Bertz CT molecular complexity index is 313. The first-order chi connectivity index (χ1) is 7.73. The Morgan fingerprint density at radius 2 is 1.18 bits per heavy atom. The Balaban J connectivity index is 4.09. The first-order valence-corrected chi connectivity index (χ1v) is 6.87. The van der Waals surface area contributed by atoms with E-state index in [9.17, 15) is 8.42 Å². The van der Waals surface area contributed by atoms with Crippen molar-refractivity contribution >= 4 is 57.5 Å². The highest BCUT2D eigenvalue weighted by Crippen LogP contribution is 2.01. The average Bonchev–Trinajstić information content (AvgIpc) is 2.16. The number of rotatable bonds is 4. The van der Waals surface area contributed by atoms with Crippen molar-refractivity contribution in [2.24, 2.45) is 0 Å². The van der Waals surface area contributed by atoms with Crippen LogP contribution in [0.2, 0.25) is 0 Å². The van der Waals surface area contributed by atoms with Crippen molar-refractivity contribution in [2.75, 3.05) is 28.2 Å². The molecule has 11 heteroatoms. The van der Waals surface area contributed by atoms with E-state index in [1.807, 2.05) is 0 Å². The summed E-state index contributed by atoms with van der Waals surface area (Å²) in [6.07, 6.45) is 0. The van der Waals surface area contributed by atoms with Crippen molar-refractivity contribution in [3.8, 4) is 0 Å². The van der Waals surface area contributed by atoms with Crippen LogP contribution < -0.4 is 0 Å². The summed E-state index contributed by atoms with van der Waals surface area (Å²) >= 11 is 4.75. The summed E-state index contributed by atoms with van der Waals surface area (Å²) in [6.45, 7) is 0. The second-order valence-corrected chi connectivity index (χ2v) is 5.36. The maximum absolute atomic E-state index is 11.1. The van der Waals surface area contributed by atoms with Crippen molar-refractivity contribution in [3.63, 3.8) is 0 Å². The van der Waals surface area contributed by atoms with Crippen LogP contribution in [0.3, 0.4) is 0 Å². The van der Waals surface area contributed by atoms with Gasteiger partial charge in [0.2, 0.25) is 0 Å². The standard InChI is InChI=1S/C6H12N2O5S4/c1-7(2)5(14)11-16(9)13-17(10)12-6(15)8(3)4/h1-4H3. The molecular formula is C6H12N2O5S4. The van der Waals surface area contributed by atoms with Crippen molar-refractivity contribution in [1.29, 1.82) is 0 Å². The summed E-state index contributed by atoms with van der Waals surface area (Å²) < 4.78 is 35.9. The lowest BCUT2D eigenvalue weighted by molar-refractivity contribution is 0.389. The van der Waals surface area contributed by atoms with Crippen LogP contribution >= 0.6 is 24.4 Å². The maximum Gasteiger partial charge on any atom is 0.379 e. The molecule has 0 bridgehead atoms. The van der Waals surface area contributed by atoms with E-state index in [1.54, 1.807) is 28.2 Å². The van der Waals surface area contributed by atoms with Gasteiger partial charge in [-0.1, -0.05) is 0 Å². The summed E-state index contributed by atoms with van der Waals surface area (Å²) in [5.74, 6) is 0. The van der Waals surface area contributed by atoms with Crippen LogP contribution in [0.5, 0.6) is 0 Å². The van der Waals surface area contributed by atoms with Crippen LogP contribution in [-0.2, 0) is 34.7 Å². The molecule has 0 aliphatic carbocycles. The predicted molar refractivity (Wildman–Crippen MR) is 72.1 cm³/mol. The molecule has 0 atom stereocenters. The zero-order valence-electron chi connectivity index (χ0n) is 9.57. The lowest BCUT2D eigenvalue weighted by Gasteiger charge is -2.13. The molecule has 0 aliphatic heterocycles. The van der Waals surface area contributed by atoms with E-state index in [0.29, 0.717) is 0 Å². The molecule has 0 aromatic heterocycles. The molecule has 0 unspecified atom stereocenters. The molecule has 17 heavy (non-hydrogen) atoms. The molecule has 0 aromatic carbocycles. The fraction of sp³-hybridized carbons (Fsp3) is 0.667. The van der Waals surface area contributed by atoms with Crippen LogP contribution in [0.15, 0.2) is 0 Å². The van der Waals surface area contributed by atoms with Crippen molar-refractivity contribution in [3.05, 3.63) is 0 Å². The Labute approximate surface area is 116 Å². The van der Waals surface area contributed by atoms with Crippen molar-refractivity contribution < 1.29 is 20.4 Å². The van der Waals surface area contributed by atoms with Crippen LogP contribution in [0.1, 0.15) is 0 Å². The van der Waals surface area contributed by atoms with Gasteiger partial charge in [-0.3, -0.25) is 0 Å². The molecule has 0 aromatic rings. The third kappa shape index (κ3) is 7.54. The molecule has 0 rings (SSSR count). The zero-order valence-corrected chi connectivity index (χ0v) is 12.8. The minimum Gasteiger partial charge on any atom is -0.350 e. The van der Waals surface area contributed by atoms with Gasteiger partial charge in [0.05, 0.1) is 0 Å². The van der Waals surface area contributed by atoms with Crippen LogP contribution in [0.4, 0.5) is 0 Å². The molecule has 0 fully saturated rings. The molecular weight excluding hydrogens is 308 g/mol. The van der Waals surface area contributed by atoms with Gasteiger partial charge in [-0.05, 0) is 24.4 Å². The van der Waals surface area contributed by atoms with Gasteiger partial charge < -0.3 is 18.2 Å². The Morgan fingerprint density at radius 1 is 0.882 bits per heavy atom. The van der Waals surface area contributed by atoms with Crippen LogP contribution in [0, 0.1) is 0 Å². The van der Waals surface area contributed by atoms with Crippen molar-refractivity contribution in [2.45, 2.75) is 0 Å². The number of thiocarbonyl (C=S) groups is 2. The largest absolute Gasteiger partial charge is 0.379 e. The minimum absolute atomic E-state index is 0.0736. The van der Waals surface area contributed by atoms with Gasteiger partial charge >= 0.3 is 22.7 Å². The molecule has 0 saturated carbocycles. The second-order valence-electron chi connectivity index (χ2n) is 2.96. The number of nitrogens with zero attached hydrogens (tertiary/aromatic N) is 2. The van der Waals surface area contributed by atoms with E-state index in [4.69, 9.17) is 24.4 Å². The number of hydrogen-bond donors (Lipinski definition) is 0. The Hall–Kier alpha value is -0.360. The van der Waals surface area contributed by atoms with Gasteiger partial charge in [-0.15, -0.1) is 3.63 Å². The minimum atomic E-state index is -2.32. The summed E-state index contributed by atoms with van der Waals surface area (Å²) in [5, 5.41) is -0.147. The highest BCUT2D eigenvalue weighted by atomic mass is 32.3. The highest BCUT2D eigenvalue weighted by Gasteiger charge is 2.16. The molecule has 0 saturated heterocycles. The zero-order chi connectivity index (χ0) is 13.6. The maximum atomic E-state index is 11.1. The molecule has 0 aliphatic rings. The van der Waals surface area contributed by atoms with Gasteiger partial charge in [0.15, 0.2) is 0 Å². The third-order valence-corrected chi connectivity index (χ3v) is 3.70. The average molecular weight is 320 g/mol. The molecule has 0 spiro atoms. The molecule has 100 valence electrons. The predicted octanol–water partition coefficient (Wildman–Crippen LogP) is -0.113. The fourth-order valence-corrected chi connectivity index (χ4v) is 1.79. The molecule has 7 nitrogen and oxygen atoms in total. The highest BCUT2D eigenvalue weighted by molar-refractivity contribution is 7.90. The van der Waals surface area contributed by atoms with Gasteiger partial charge in [0.25, 0.3) is 10.3 Å². The van der Waals surface area contributed by atoms with E-state index in [-0.39, 0.29) is 10.3 Å². The lowest BCUT2D eigenvalue weighted by atomic mass is 10.9. The van der Waals surface area contributed by atoms with E-state index in [0.717, 1.165) is 0 Å². The SMILES string of the molecule is CN(C)C(=S)OS(=O)OS(=O)OC(=S)N(C)C. The first kappa shape index (κ1) is 16.6. The van der Waals surface area contributed by atoms with Crippen LogP contribution in [0.25, 0.3) is 0 Å². The van der Waals surface area contributed by atoms with E-state index < -0.39 is 22.7 Å². The topological polar surface area (TPSA) is 68.3 Å². The van der Waals surface area contributed by atoms with Gasteiger partial charge in [-0.2, -0.15) is 8.42 Å². The second kappa shape index (κ2) is 7.87. The van der Waals surface area contributed by atoms with E-state index in [2.05, 4.69) is 12.0 Å². The van der Waals surface area contributed by atoms with Crippen LogP contribution in [-0.4, -0.2) is 56.8 Å². The van der Waals surface area contributed by atoms with E-state index >= 15 is 0 Å². The Morgan fingerprint density at radius 3 is 1.41 bits per heavy atom. The summed E-state index contributed by atoms with van der Waals surface area (Å²) in [6, 6.07) is 0. The quantitative estimate of drug-likeness (QED) is 0.660. The summed E-state index contributed by atoms with van der Waals surface area (Å²) in [7, 11) is 6.37. The summed E-state index contributed by atoms with van der Waals surface area (Å²) in [5.41, 5.74) is 0. The normalized spacial score (nSPS) is 13.4. The van der Waals surface area contributed by atoms with Gasteiger partial charge in [0.1, 0.15) is 0 Å². The van der Waals surface area contributed by atoms with Gasteiger partial charge in [-0.25, -0.2) is 0 Å². The molecule has 0 amide bonds. The van der Waals surface area contributed by atoms with Gasteiger partial charge in [0, 0.05) is 28.2 Å². The Kier molecular flexibility index (Phi) is 7.70. The van der Waals surface area contributed by atoms with E-state index in [1.165, 1.54) is 9.80 Å². The molecule has 0 N–H and O–H groups in total. The third-order valence-electron chi connectivity index (χ3n) is 1.12. The lowest BCUT2D eigenvalue weighted by Crippen LogP contribution is -2.26. The summed E-state index contributed by atoms with van der Waals surface area (Å²) in [4.78, 5) is 2.79. The smallest absolute Gasteiger partial charge is 0.350 e. The van der Waals surface area contributed by atoms with Crippen molar-refractivity contribution in [1.82, 2.24) is 9.80 Å². The fourth-order valence-electron chi connectivity index (χ4n) is 0.339. The number of hydrogen-bond acceptors (Lipinski definition) is 7. The molecule has 0 heterocycles. The molecule has 0 radical (unpaired) electrons. The first-order valence-electron chi connectivity index (χ1n) is 4.05. The monoisotopic (exact) mass is 320 g/mol.